The van der Waals surface area contributed by atoms with E-state index in [2.05, 4.69) is 28.5 Å². The monoisotopic (exact) mass is 208 g/mol. The van der Waals surface area contributed by atoms with Crippen LogP contribution >= 0.6 is 11.3 Å². The van der Waals surface area contributed by atoms with Crippen LogP contribution in [0, 0.1) is 12.3 Å². The summed E-state index contributed by atoms with van der Waals surface area (Å²) in [6.07, 6.45) is 9.26. The van der Waals surface area contributed by atoms with Crippen LogP contribution in [0.1, 0.15) is 31.9 Å². The maximum atomic E-state index is 5.16. The summed E-state index contributed by atoms with van der Waals surface area (Å²) in [6, 6.07) is 0. The molecule has 2 nitrogen and oxygen atoms in total. The van der Waals surface area contributed by atoms with E-state index in [1.807, 2.05) is 0 Å². The molecule has 0 aromatic carbocycles. The molecule has 0 amide bonds. The second-order valence-electron chi connectivity index (χ2n) is 3.09. The smallest absolute Gasteiger partial charge is 0.182 e. The van der Waals surface area contributed by atoms with Crippen molar-refractivity contribution >= 4 is 16.5 Å². The Kier molecular flexibility index (Phi) is 5.09. The fourth-order valence-corrected chi connectivity index (χ4v) is 1.92. The molecular formula is C11H16N2S. The number of nitrogens with zero attached hydrogens (tertiary/aromatic N) is 1. The number of thiazole rings is 1. The Bertz CT molecular complexity index is 298. The van der Waals surface area contributed by atoms with Crippen LogP contribution < -0.4 is 5.32 Å². The van der Waals surface area contributed by atoms with E-state index in [-0.39, 0.29) is 0 Å². The molecule has 0 radical (unpaired) electrons. The number of hydrogen-bond donors (Lipinski definition) is 1. The van der Waals surface area contributed by atoms with Gasteiger partial charge in [-0.05, 0) is 19.3 Å². The lowest BCUT2D eigenvalue weighted by atomic mass is 10.2. The number of aromatic nitrogens is 1. The third-order valence-corrected chi connectivity index (χ3v) is 2.79. The average Bonchev–Trinajstić information content (AvgIpc) is 2.65. The van der Waals surface area contributed by atoms with Gasteiger partial charge in [-0.25, -0.2) is 4.98 Å². The zero-order valence-electron chi connectivity index (χ0n) is 8.55. The van der Waals surface area contributed by atoms with Crippen molar-refractivity contribution in [3.63, 3.8) is 0 Å². The second kappa shape index (κ2) is 6.44. The van der Waals surface area contributed by atoms with Crippen LogP contribution in [0.25, 0.3) is 0 Å². The summed E-state index contributed by atoms with van der Waals surface area (Å²) in [5.74, 6) is 2.64. The van der Waals surface area contributed by atoms with Crippen molar-refractivity contribution in [2.45, 2.75) is 32.6 Å². The van der Waals surface area contributed by atoms with Crippen LogP contribution in [-0.2, 0) is 6.42 Å². The number of rotatable bonds is 6. The summed E-state index contributed by atoms with van der Waals surface area (Å²) in [6.45, 7) is 3.09. The van der Waals surface area contributed by atoms with Gasteiger partial charge in [-0.1, -0.05) is 6.92 Å². The number of aryl methyl sites for hydroxylation is 1. The maximum Gasteiger partial charge on any atom is 0.182 e. The van der Waals surface area contributed by atoms with Crippen molar-refractivity contribution in [3.8, 4) is 12.3 Å². The third kappa shape index (κ3) is 3.80. The molecule has 0 saturated heterocycles. The van der Waals surface area contributed by atoms with Crippen molar-refractivity contribution in [2.24, 2.45) is 0 Å². The molecule has 1 N–H and O–H groups in total. The van der Waals surface area contributed by atoms with Gasteiger partial charge in [0.15, 0.2) is 5.13 Å². The van der Waals surface area contributed by atoms with Crippen molar-refractivity contribution in [3.05, 3.63) is 11.1 Å². The number of nitrogens with one attached hydrogen (secondary N) is 1. The highest BCUT2D eigenvalue weighted by molar-refractivity contribution is 7.13. The van der Waals surface area contributed by atoms with E-state index in [9.17, 15) is 0 Å². The van der Waals surface area contributed by atoms with Crippen LogP contribution in [0.4, 0.5) is 5.13 Å². The number of hydrogen-bond acceptors (Lipinski definition) is 3. The summed E-state index contributed by atoms with van der Waals surface area (Å²) < 4.78 is 0. The first-order valence-electron chi connectivity index (χ1n) is 4.98. The van der Waals surface area contributed by atoms with Crippen molar-refractivity contribution in [1.82, 2.24) is 4.98 Å². The third-order valence-electron chi connectivity index (χ3n) is 1.94. The first-order chi connectivity index (χ1) is 6.86. The van der Waals surface area contributed by atoms with Crippen LogP contribution in [-0.4, -0.2) is 11.5 Å². The van der Waals surface area contributed by atoms with Gasteiger partial charge in [0, 0.05) is 18.3 Å². The van der Waals surface area contributed by atoms with Crippen LogP contribution in [0.3, 0.4) is 0 Å². The first-order valence-corrected chi connectivity index (χ1v) is 5.86. The molecule has 76 valence electrons. The normalized spacial score (nSPS) is 9.71. The van der Waals surface area contributed by atoms with E-state index in [1.54, 1.807) is 11.3 Å². The molecule has 0 spiro atoms. The van der Waals surface area contributed by atoms with Gasteiger partial charge in [-0.2, -0.15) is 0 Å². The number of terminal acetylenes is 1. The molecule has 14 heavy (non-hydrogen) atoms. The molecule has 1 aromatic heterocycles. The van der Waals surface area contributed by atoms with Gasteiger partial charge in [0.25, 0.3) is 0 Å². The average molecular weight is 208 g/mol. The molecule has 0 aliphatic rings. The van der Waals surface area contributed by atoms with Gasteiger partial charge in [0.1, 0.15) is 0 Å². The van der Waals surface area contributed by atoms with Crippen LogP contribution in [0.5, 0.6) is 0 Å². The fraction of sp³-hybridized carbons (Fsp3) is 0.545. The largest absolute Gasteiger partial charge is 0.362 e. The number of anilines is 1. The minimum absolute atomic E-state index is 0.875. The molecule has 0 atom stereocenters. The predicted octanol–water partition coefficient (Wildman–Crippen LogP) is 2.92. The van der Waals surface area contributed by atoms with E-state index >= 15 is 0 Å². The summed E-state index contributed by atoms with van der Waals surface area (Å²) in [4.78, 5) is 4.41. The Morgan fingerprint density at radius 1 is 1.57 bits per heavy atom. The topological polar surface area (TPSA) is 24.9 Å². The van der Waals surface area contributed by atoms with Gasteiger partial charge in [-0.15, -0.1) is 23.7 Å². The highest BCUT2D eigenvalue weighted by Gasteiger charge is 1.98. The molecule has 0 unspecified atom stereocenters. The van der Waals surface area contributed by atoms with Gasteiger partial charge in [0.2, 0.25) is 0 Å². The van der Waals surface area contributed by atoms with E-state index in [4.69, 9.17) is 6.42 Å². The minimum atomic E-state index is 0.875. The maximum absolute atomic E-state index is 5.16. The Morgan fingerprint density at radius 3 is 3.07 bits per heavy atom. The highest BCUT2D eigenvalue weighted by atomic mass is 32.1. The van der Waals surface area contributed by atoms with Gasteiger partial charge in [0.05, 0.1) is 5.69 Å². The fourth-order valence-electron chi connectivity index (χ4n) is 1.10. The lowest BCUT2D eigenvalue weighted by Gasteiger charge is -1.99. The molecular weight excluding hydrogens is 192 g/mol. The van der Waals surface area contributed by atoms with Crippen molar-refractivity contribution < 1.29 is 0 Å². The molecule has 0 bridgehead atoms. The van der Waals surface area contributed by atoms with Crippen LogP contribution in [0.15, 0.2) is 5.38 Å². The zero-order chi connectivity index (χ0) is 10.2. The Hall–Kier alpha value is -1.01. The molecule has 1 rings (SSSR count). The summed E-state index contributed by atoms with van der Waals surface area (Å²) in [5, 5.41) is 6.43. The Morgan fingerprint density at radius 2 is 2.43 bits per heavy atom. The van der Waals surface area contributed by atoms with E-state index < -0.39 is 0 Å². The standard InChI is InChI=1S/C11H16N2S/c1-3-5-6-7-8-12-11-13-10(4-2)9-14-11/h1,9H,4-8H2,2H3,(H,12,13). The molecule has 0 saturated carbocycles. The van der Waals surface area contributed by atoms with E-state index in [1.165, 1.54) is 5.69 Å². The van der Waals surface area contributed by atoms with E-state index in [0.717, 1.165) is 37.4 Å². The Balaban J connectivity index is 2.15. The molecule has 0 aliphatic carbocycles. The second-order valence-corrected chi connectivity index (χ2v) is 3.94. The minimum Gasteiger partial charge on any atom is -0.362 e. The zero-order valence-corrected chi connectivity index (χ0v) is 9.36. The SMILES string of the molecule is C#CCCCCNc1nc(CC)cs1. The number of unbranched alkanes of at least 4 members (excludes halogenated alkanes) is 2. The summed E-state index contributed by atoms with van der Waals surface area (Å²) in [7, 11) is 0. The van der Waals surface area contributed by atoms with Crippen molar-refractivity contribution in [1.29, 1.82) is 0 Å². The van der Waals surface area contributed by atoms with Crippen LogP contribution in [0.2, 0.25) is 0 Å². The predicted molar refractivity (Wildman–Crippen MR) is 62.7 cm³/mol. The lowest BCUT2D eigenvalue weighted by molar-refractivity contribution is 0.788. The molecule has 1 aromatic rings. The van der Waals surface area contributed by atoms with Crippen molar-refractivity contribution in [2.75, 3.05) is 11.9 Å². The van der Waals surface area contributed by atoms with E-state index in [0.29, 0.717) is 0 Å². The molecule has 0 aliphatic heterocycles. The quantitative estimate of drug-likeness (QED) is 0.574. The van der Waals surface area contributed by atoms with Gasteiger partial charge < -0.3 is 5.32 Å². The summed E-state index contributed by atoms with van der Waals surface area (Å²) >= 11 is 1.68. The first kappa shape index (κ1) is 11.1. The lowest BCUT2D eigenvalue weighted by Crippen LogP contribution is -2.00. The summed E-state index contributed by atoms with van der Waals surface area (Å²) in [5.41, 5.74) is 1.17. The Labute approximate surface area is 89.8 Å². The molecule has 3 heteroatoms. The van der Waals surface area contributed by atoms with Gasteiger partial charge >= 0.3 is 0 Å². The molecule has 1 heterocycles. The highest BCUT2D eigenvalue weighted by Crippen LogP contribution is 2.15. The van der Waals surface area contributed by atoms with Gasteiger partial charge in [-0.3, -0.25) is 0 Å². The molecule has 0 fully saturated rings.